The molecule has 0 radical (unpaired) electrons. The van der Waals surface area contributed by atoms with Crippen molar-refractivity contribution in [2.45, 2.75) is 44.2 Å². The summed E-state index contributed by atoms with van der Waals surface area (Å²) in [7, 11) is 0. The Bertz CT molecular complexity index is 674. The number of likely N-dealkylation sites (tertiary alicyclic amines) is 2. The van der Waals surface area contributed by atoms with Crippen LogP contribution in [-0.2, 0) is 4.79 Å². The van der Waals surface area contributed by atoms with E-state index in [0.717, 1.165) is 38.9 Å². The summed E-state index contributed by atoms with van der Waals surface area (Å²) in [4.78, 5) is 21.2. The summed E-state index contributed by atoms with van der Waals surface area (Å²) < 4.78 is 5.78. The van der Waals surface area contributed by atoms with E-state index >= 15 is 0 Å². The van der Waals surface area contributed by atoms with E-state index in [-0.39, 0.29) is 6.04 Å². The van der Waals surface area contributed by atoms with Gasteiger partial charge in [-0.05, 0) is 63.2 Å². The first-order valence-corrected chi connectivity index (χ1v) is 9.28. The van der Waals surface area contributed by atoms with Crippen molar-refractivity contribution >= 4 is 5.91 Å². The fourth-order valence-corrected chi connectivity index (χ4v) is 3.99. The predicted molar refractivity (Wildman–Crippen MR) is 91.9 cm³/mol. The standard InChI is InChI=1S/C19H24N4O2/c20-12-15-2-1-8-21-18(15)25-13-14-5-9-22(10-6-14)17-7-11-23(19(17)24)16-3-4-16/h1-2,8,14,16-17H,3-7,9-11,13H2. The van der Waals surface area contributed by atoms with Gasteiger partial charge >= 0.3 is 0 Å². The number of aromatic nitrogens is 1. The average molecular weight is 340 g/mol. The number of hydrogen-bond donors (Lipinski definition) is 0. The zero-order valence-electron chi connectivity index (χ0n) is 14.4. The number of pyridine rings is 1. The number of piperidine rings is 1. The Morgan fingerprint density at radius 1 is 1.20 bits per heavy atom. The fraction of sp³-hybridized carbons (Fsp3) is 0.632. The topological polar surface area (TPSA) is 69.5 Å². The summed E-state index contributed by atoms with van der Waals surface area (Å²) in [6, 6.07) is 6.22. The van der Waals surface area contributed by atoms with Crippen LogP contribution in [0.15, 0.2) is 18.3 Å². The second-order valence-corrected chi connectivity index (χ2v) is 7.33. The molecule has 6 nitrogen and oxygen atoms in total. The Morgan fingerprint density at radius 3 is 2.72 bits per heavy atom. The maximum atomic E-state index is 12.6. The van der Waals surface area contributed by atoms with Crippen LogP contribution in [0.5, 0.6) is 5.88 Å². The molecule has 6 heteroatoms. The Kier molecular flexibility index (Phi) is 4.58. The summed E-state index contributed by atoms with van der Waals surface area (Å²) in [5, 5.41) is 9.09. The van der Waals surface area contributed by atoms with Crippen LogP contribution in [-0.4, -0.2) is 59.0 Å². The fourth-order valence-electron chi connectivity index (χ4n) is 3.99. The predicted octanol–water partition coefficient (Wildman–Crippen LogP) is 1.81. The Labute approximate surface area is 148 Å². The van der Waals surface area contributed by atoms with E-state index in [1.807, 2.05) is 0 Å². The lowest BCUT2D eigenvalue weighted by molar-refractivity contribution is -0.133. The molecule has 1 aromatic rings. The van der Waals surface area contributed by atoms with E-state index in [9.17, 15) is 4.79 Å². The van der Waals surface area contributed by atoms with Crippen LogP contribution < -0.4 is 4.74 Å². The highest BCUT2D eigenvalue weighted by molar-refractivity contribution is 5.84. The molecule has 3 aliphatic rings. The summed E-state index contributed by atoms with van der Waals surface area (Å²) in [6.07, 6.45) is 7.07. The van der Waals surface area contributed by atoms with Gasteiger partial charge in [0.05, 0.1) is 12.6 Å². The molecule has 0 N–H and O–H groups in total. The molecule has 0 spiro atoms. The van der Waals surface area contributed by atoms with E-state index in [0.29, 0.717) is 35.9 Å². The van der Waals surface area contributed by atoms with Crippen LogP contribution in [0.2, 0.25) is 0 Å². The molecule has 25 heavy (non-hydrogen) atoms. The SMILES string of the molecule is N#Cc1cccnc1OCC1CCN(C2CCN(C3CC3)C2=O)CC1. The molecule has 3 heterocycles. The summed E-state index contributed by atoms with van der Waals surface area (Å²) in [5.41, 5.74) is 0.483. The molecule has 1 atom stereocenters. The van der Waals surface area contributed by atoms with Gasteiger partial charge < -0.3 is 9.64 Å². The van der Waals surface area contributed by atoms with Gasteiger partial charge in [0.25, 0.3) is 0 Å². The van der Waals surface area contributed by atoms with Crippen molar-refractivity contribution in [3.05, 3.63) is 23.9 Å². The minimum Gasteiger partial charge on any atom is -0.476 e. The van der Waals surface area contributed by atoms with Gasteiger partial charge in [0, 0.05) is 18.8 Å². The maximum Gasteiger partial charge on any atom is 0.240 e. The highest BCUT2D eigenvalue weighted by Crippen LogP contribution is 2.33. The van der Waals surface area contributed by atoms with Crippen LogP contribution in [0.4, 0.5) is 0 Å². The van der Waals surface area contributed by atoms with Gasteiger partial charge in [-0.2, -0.15) is 5.26 Å². The van der Waals surface area contributed by atoms with Crippen LogP contribution >= 0.6 is 0 Å². The Hall–Kier alpha value is -2.13. The smallest absolute Gasteiger partial charge is 0.240 e. The number of carbonyl (C=O) groups excluding carboxylic acids is 1. The van der Waals surface area contributed by atoms with Gasteiger partial charge in [-0.15, -0.1) is 0 Å². The third kappa shape index (κ3) is 3.47. The van der Waals surface area contributed by atoms with E-state index < -0.39 is 0 Å². The van der Waals surface area contributed by atoms with Crippen LogP contribution in [0.3, 0.4) is 0 Å². The molecule has 1 saturated carbocycles. The van der Waals surface area contributed by atoms with Crippen molar-refractivity contribution in [1.82, 2.24) is 14.8 Å². The van der Waals surface area contributed by atoms with E-state index in [1.165, 1.54) is 12.8 Å². The van der Waals surface area contributed by atoms with Gasteiger partial charge in [0.15, 0.2) is 0 Å². The molecule has 3 fully saturated rings. The van der Waals surface area contributed by atoms with Crippen LogP contribution in [0.25, 0.3) is 0 Å². The van der Waals surface area contributed by atoms with Gasteiger partial charge in [0.1, 0.15) is 11.6 Å². The van der Waals surface area contributed by atoms with Gasteiger partial charge in [-0.1, -0.05) is 0 Å². The number of carbonyl (C=O) groups is 1. The first-order chi connectivity index (χ1) is 12.3. The highest BCUT2D eigenvalue weighted by Gasteiger charge is 2.43. The monoisotopic (exact) mass is 340 g/mol. The van der Waals surface area contributed by atoms with Crippen LogP contribution in [0, 0.1) is 17.2 Å². The first kappa shape index (κ1) is 16.3. The van der Waals surface area contributed by atoms with Crippen LogP contribution in [0.1, 0.15) is 37.7 Å². The van der Waals surface area contributed by atoms with Crippen molar-refractivity contribution < 1.29 is 9.53 Å². The van der Waals surface area contributed by atoms with Crippen molar-refractivity contribution in [2.75, 3.05) is 26.2 Å². The second-order valence-electron chi connectivity index (χ2n) is 7.33. The zero-order valence-corrected chi connectivity index (χ0v) is 14.4. The zero-order chi connectivity index (χ0) is 17.2. The first-order valence-electron chi connectivity index (χ1n) is 9.28. The Balaban J connectivity index is 1.26. The molecule has 2 saturated heterocycles. The normalized spacial score (nSPS) is 25.2. The van der Waals surface area contributed by atoms with Crippen molar-refractivity contribution in [2.24, 2.45) is 5.92 Å². The lowest BCUT2D eigenvalue weighted by atomic mass is 9.96. The number of nitrogens with zero attached hydrogens (tertiary/aromatic N) is 4. The lowest BCUT2D eigenvalue weighted by Crippen LogP contribution is -2.46. The largest absolute Gasteiger partial charge is 0.476 e. The second kappa shape index (κ2) is 7.01. The number of rotatable bonds is 5. The molecule has 0 aromatic carbocycles. The maximum absolute atomic E-state index is 12.6. The summed E-state index contributed by atoms with van der Waals surface area (Å²) in [6.45, 7) is 3.44. The molecule has 1 aromatic heterocycles. The van der Waals surface area contributed by atoms with E-state index in [1.54, 1.807) is 18.3 Å². The molecule has 1 aliphatic carbocycles. The minimum absolute atomic E-state index is 0.100. The number of nitriles is 1. The number of hydrogen-bond acceptors (Lipinski definition) is 5. The third-order valence-corrected chi connectivity index (χ3v) is 5.64. The molecule has 4 rings (SSSR count). The van der Waals surface area contributed by atoms with E-state index in [2.05, 4.69) is 20.9 Å². The minimum atomic E-state index is 0.100. The van der Waals surface area contributed by atoms with E-state index in [4.69, 9.17) is 10.00 Å². The quantitative estimate of drug-likeness (QED) is 0.817. The molecule has 132 valence electrons. The van der Waals surface area contributed by atoms with Gasteiger partial charge in [-0.25, -0.2) is 4.98 Å². The molecule has 1 unspecified atom stereocenters. The highest BCUT2D eigenvalue weighted by atomic mass is 16.5. The van der Waals surface area contributed by atoms with Crippen molar-refractivity contribution in [1.29, 1.82) is 5.26 Å². The third-order valence-electron chi connectivity index (χ3n) is 5.64. The molecular weight excluding hydrogens is 316 g/mol. The number of amides is 1. The Morgan fingerprint density at radius 2 is 2.00 bits per heavy atom. The van der Waals surface area contributed by atoms with Crippen molar-refractivity contribution in [3.63, 3.8) is 0 Å². The molecule has 2 aliphatic heterocycles. The number of ether oxygens (including phenoxy) is 1. The van der Waals surface area contributed by atoms with Gasteiger partial charge in [0.2, 0.25) is 11.8 Å². The van der Waals surface area contributed by atoms with Crippen molar-refractivity contribution in [3.8, 4) is 11.9 Å². The molecule has 0 bridgehead atoms. The molecule has 1 amide bonds. The summed E-state index contributed by atoms with van der Waals surface area (Å²) >= 11 is 0. The molecular formula is C19H24N4O2. The lowest BCUT2D eigenvalue weighted by Gasteiger charge is -2.35. The van der Waals surface area contributed by atoms with Gasteiger partial charge in [-0.3, -0.25) is 9.69 Å². The average Bonchev–Trinajstić information content (AvgIpc) is 3.43. The summed E-state index contributed by atoms with van der Waals surface area (Å²) in [5.74, 6) is 1.24.